The van der Waals surface area contributed by atoms with Crippen LogP contribution < -0.4 is 5.32 Å². The van der Waals surface area contributed by atoms with Gasteiger partial charge in [-0.05, 0) is 36.2 Å². The van der Waals surface area contributed by atoms with Crippen molar-refractivity contribution >= 4 is 44.8 Å². The standard InChI is InChI=1S/C19H22Cl2N2O3S/c1-3-23(4-2)27(25,26)15-10-11-17(21)18(13-15)22-19(24)12-9-14-7-5-6-8-16(14)20/h5-8,10-11,13H,3-4,9,12H2,1-2H3,(H,22,24). The van der Waals surface area contributed by atoms with Gasteiger partial charge in [-0.1, -0.05) is 55.2 Å². The number of benzene rings is 2. The number of nitrogens with one attached hydrogen (secondary N) is 1. The Hall–Kier alpha value is -1.60. The first-order valence-corrected chi connectivity index (χ1v) is 10.8. The molecule has 5 nitrogen and oxygen atoms in total. The minimum atomic E-state index is -3.63. The number of sulfonamides is 1. The molecule has 0 radical (unpaired) electrons. The first kappa shape index (κ1) is 21.7. The third-order valence-electron chi connectivity index (χ3n) is 4.13. The zero-order valence-corrected chi connectivity index (χ0v) is 17.5. The van der Waals surface area contributed by atoms with E-state index < -0.39 is 10.0 Å². The molecule has 0 unspecified atom stereocenters. The van der Waals surface area contributed by atoms with Gasteiger partial charge in [-0.25, -0.2) is 8.42 Å². The highest BCUT2D eigenvalue weighted by Gasteiger charge is 2.22. The fraction of sp³-hybridized carbons (Fsp3) is 0.316. The van der Waals surface area contributed by atoms with Crippen molar-refractivity contribution in [3.05, 3.63) is 58.1 Å². The Bertz CT molecular complexity index is 913. The van der Waals surface area contributed by atoms with Crippen LogP contribution in [-0.4, -0.2) is 31.7 Å². The second kappa shape index (κ2) is 9.55. The number of carbonyl (C=O) groups is 1. The maximum absolute atomic E-state index is 12.6. The van der Waals surface area contributed by atoms with E-state index in [1.54, 1.807) is 19.9 Å². The van der Waals surface area contributed by atoms with Gasteiger partial charge in [0.05, 0.1) is 15.6 Å². The molecule has 1 N–H and O–H groups in total. The van der Waals surface area contributed by atoms with E-state index in [0.29, 0.717) is 24.5 Å². The predicted molar refractivity (Wildman–Crippen MR) is 110 cm³/mol. The number of hydrogen-bond donors (Lipinski definition) is 1. The van der Waals surface area contributed by atoms with Crippen molar-refractivity contribution in [2.45, 2.75) is 31.6 Å². The van der Waals surface area contributed by atoms with Gasteiger partial charge in [-0.3, -0.25) is 4.79 Å². The Morgan fingerprint density at radius 3 is 2.33 bits per heavy atom. The summed E-state index contributed by atoms with van der Waals surface area (Å²) in [5, 5.41) is 3.57. The van der Waals surface area contributed by atoms with Crippen molar-refractivity contribution < 1.29 is 13.2 Å². The van der Waals surface area contributed by atoms with Gasteiger partial charge >= 0.3 is 0 Å². The minimum absolute atomic E-state index is 0.0944. The molecule has 0 aliphatic rings. The largest absolute Gasteiger partial charge is 0.325 e. The SMILES string of the molecule is CCN(CC)S(=O)(=O)c1ccc(Cl)c(NC(=O)CCc2ccccc2Cl)c1. The number of nitrogens with zero attached hydrogens (tertiary/aromatic N) is 1. The average Bonchev–Trinajstić information content (AvgIpc) is 2.63. The summed E-state index contributed by atoms with van der Waals surface area (Å²) in [4.78, 5) is 12.4. The summed E-state index contributed by atoms with van der Waals surface area (Å²) in [5.41, 5.74) is 1.15. The molecule has 0 saturated carbocycles. The van der Waals surface area contributed by atoms with Gasteiger partial charge in [0.15, 0.2) is 0 Å². The van der Waals surface area contributed by atoms with E-state index in [4.69, 9.17) is 23.2 Å². The molecule has 2 rings (SSSR count). The predicted octanol–water partition coefficient (Wildman–Crippen LogP) is 4.60. The molecule has 0 aromatic heterocycles. The average molecular weight is 429 g/mol. The maximum Gasteiger partial charge on any atom is 0.243 e. The van der Waals surface area contributed by atoms with Crippen molar-refractivity contribution in [1.82, 2.24) is 4.31 Å². The molecule has 0 fully saturated rings. The van der Waals surface area contributed by atoms with Crippen LogP contribution in [-0.2, 0) is 21.2 Å². The summed E-state index contributed by atoms with van der Waals surface area (Å²) in [6.07, 6.45) is 0.674. The lowest BCUT2D eigenvalue weighted by molar-refractivity contribution is -0.116. The summed E-state index contributed by atoms with van der Waals surface area (Å²) in [6.45, 7) is 4.27. The number of amides is 1. The zero-order chi connectivity index (χ0) is 20.0. The topological polar surface area (TPSA) is 66.5 Å². The molecule has 2 aromatic rings. The highest BCUT2D eigenvalue weighted by Crippen LogP contribution is 2.27. The summed E-state index contributed by atoms with van der Waals surface area (Å²) in [7, 11) is -3.63. The Morgan fingerprint density at radius 2 is 1.70 bits per heavy atom. The Morgan fingerprint density at radius 1 is 1.04 bits per heavy atom. The van der Waals surface area contributed by atoms with Gasteiger partial charge in [0.25, 0.3) is 0 Å². The fourth-order valence-corrected chi connectivity index (χ4v) is 4.52. The Kier molecular flexibility index (Phi) is 7.68. The zero-order valence-electron chi connectivity index (χ0n) is 15.2. The van der Waals surface area contributed by atoms with Gasteiger partial charge in [0.2, 0.25) is 15.9 Å². The molecule has 8 heteroatoms. The van der Waals surface area contributed by atoms with E-state index in [2.05, 4.69) is 5.32 Å². The smallest absolute Gasteiger partial charge is 0.243 e. The third-order valence-corrected chi connectivity index (χ3v) is 6.88. The number of hydrogen-bond acceptors (Lipinski definition) is 3. The van der Waals surface area contributed by atoms with Crippen LogP contribution in [0.2, 0.25) is 10.0 Å². The van der Waals surface area contributed by atoms with Crippen LogP contribution in [0.25, 0.3) is 0 Å². The van der Waals surface area contributed by atoms with E-state index in [-0.39, 0.29) is 27.9 Å². The molecule has 0 spiro atoms. The quantitative estimate of drug-likeness (QED) is 0.667. The van der Waals surface area contributed by atoms with E-state index in [0.717, 1.165) is 5.56 Å². The van der Waals surface area contributed by atoms with E-state index in [9.17, 15) is 13.2 Å². The van der Waals surface area contributed by atoms with Crippen LogP contribution in [0.15, 0.2) is 47.4 Å². The van der Waals surface area contributed by atoms with Crippen molar-refractivity contribution in [3.8, 4) is 0 Å². The van der Waals surface area contributed by atoms with Crippen LogP contribution in [0.1, 0.15) is 25.8 Å². The molecule has 146 valence electrons. The van der Waals surface area contributed by atoms with Gasteiger partial charge in [0.1, 0.15) is 0 Å². The van der Waals surface area contributed by atoms with Crippen LogP contribution >= 0.6 is 23.2 Å². The van der Waals surface area contributed by atoms with Crippen LogP contribution in [0, 0.1) is 0 Å². The second-order valence-electron chi connectivity index (χ2n) is 5.87. The fourth-order valence-electron chi connectivity index (χ4n) is 2.64. The lowest BCUT2D eigenvalue weighted by Crippen LogP contribution is -2.30. The van der Waals surface area contributed by atoms with E-state index in [1.807, 2.05) is 18.2 Å². The van der Waals surface area contributed by atoms with Gasteiger partial charge in [0, 0.05) is 24.5 Å². The van der Waals surface area contributed by atoms with Crippen LogP contribution in [0.5, 0.6) is 0 Å². The van der Waals surface area contributed by atoms with E-state index >= 15 is 0 Å². The first-order chi connectivity index (χ1) is 12.8. The molecular formula is C19H22Cl2N2O3S. The van der Waals surface area contributed by atoms with Crippen molar-refractivity contribution in [2.24, 2.45) is 0 Å². The number of anilines is 1. The van der Waals surface area contributed by atoms with Crippen LogP contribution in [0.4, 0.5) is 5.69 Å². The number of halogens is 2. The lowest BCUT2D eigenvalue weighted by atomic mass is 10.1. The molecule has 2 aromatic carbocycles. The van der Waals surface area contributed by atoms with E-state index in [1.165, 1.54) is 22.5 Å². The highest BCUT2D eigenvalue weighted by molar-refractivity contribution is 7.89. The van der Waals surface area contributed by atoms with Crippen molar-refractivity contribution in [1.29, 1.82) is 0 Å². The molecule has 0 aliphatic carbocycles. The summed E-state index contributed by atoms with van der Waals surface area (Å²) in [6, 6.07) is 11.6. The third kappa shape index (κ3) is 5.45. The monoisotopic (exact) mass is 428 g/mol. The van der Waals surface area contributed by atoms with Crippen molar-refractivity contribution in [3.63, 3.8) is 0 Å². The molecule has 0 saturated heterocycles. The first-order valence-electron chi connectivity index (χ1n) is 8.62. The molecule has 1 amide bonds. The second-order valence-corrected chi connectivity index (χ2v) is 8.62. The number of aryl methyl sites for hydroxylation is 1. The summed E-state index contributed by atoms with van der Waals surface area (Å²) >= 11 is 12.2. The van der Waals surface area contributed by atoms with Crippen molar-refractivity contribution in [2.75, 3.05) is 18.4 Å². The highest BCUT2D eigenvalue weighted by atomic mass is 35.5. The molecular weight excluding hydrogens is 407 g/mol. The summed E-state index contributed by atoms with van der Waals surface area (Å²) in [5.74, 6) is -0.269. The number of carbonyl (C=O) groups excluding carboxylic acids is 1. The summed E-state index contributed by atoms with van der Waals surface area (Å²) < 4.78 is 26.6. The van der Waals surface area contributed by atoms with Gasteiger partial charge < -0.3 is 5.32 Å². The lowest BCUT2D eigenvalue weighted by Gasteiger charge is -2.19. The minimum Gasteiger partial charge on any atom is -0.325 e. The Labute approximate surface area is 170 Å². The Balaban J connectivity index is 2.14. The van der Waals surface area contributed by atoms with Gasteiger partial charge in [-0.15, -0.1) is 0 Å². The normalized spacial score (nSPS) is 11.6. The van der Waals surface area contributed by atoms with Crippen LogP contribution in [0.3, 0.4) is 0 Å². The molecule has 0 atom stereocenters. The maximum atomic E-state index is 12.6. The van der Waals surface area contributed by atoms with Gasteiger partial charge in [-0.2, -0.15) is 4.31 Å². The molecule has 27 heavy (non-hydrogen) atoms. The molecule has 0 bridgehead atoms. The molecule has 0 aliphatic heterocycles. The molecule has 0 heterocycles. The number of rotatable bonds is 8.